The highest BCUT2D eigenvalue weighted by Crippen LogP contribution is 2.60. The molecule has 0 aliphatic heterocycles. The van der Waals surface area contributed by atoms with Crippen LogP contribution in [0.3, 0.4) is 0 Å². The van der Waals surface area contributed by atoms with Crippen molar-refractivity contribution in [3.05, 3.63) is 241 Å². The lowest BCUT2D eigenvalue weighted by Crippen LogP contribution is -2.28. The number of hydrogen-bond donors (Lipinski definition) is 0. The van der Waals surface area contributed by atoms with Crippen LogP contribution in [0.2, 0.25) is 0 Å². The molecule has 11 aromatic rings. The van der Waals surface area contributed by atoms with Gasteiger partial charge in [-0.3, -0.25) is 0 Å². The van der Waals surface area contributed by atoms with Gasteiger partial charge in [0, 0.05) is 16.5 Å². The van der Waals surface area contributed by atoms with Gasteiger partial charge >= 0.3 is 0 Å². The van der Waals surface area contributed by atoms with Crippen molar-refractivity contribution in [2.24, 2.45) is 0 Å². The van der Waals surface area contributed by atoms with E-state index >= 15 is 0 Å². The van der Waals surface area contributed by atoms with E-state index in [0.717, 1.165) is 22.3 Å². The van der Waals surface area contributed by atoms with Crippen LogP contribution in [0.1, 0.15) is 22.3 Å². The average Bonchev–Trinajstić information content (AvgIpc) is 3.82. The fourth-order valence-corrected chi connectivity index (χ4v) is 10.2. The smallest absolute Gasteiger partial charge is 0.140 e. The zero-order chi connectivity index (χ0) is 38.2. The molecule has 1 nitrogen and oxygen atoms in total. The first kappa shape index (κ1) is 32.7. The Bertz CT molecular complexity index is 3290. The summed E-state index contributed by atoms with van der Waals surface area (Å²) in [5, 5.41) is 8.60. The molecule has 1 aliphatic carbocycles. The van der Waals surface area contributed by atoms with Crippen LogP contribution < -0.4 is 0 Å². The lowest BCUT2D eigenvalue weighted by Gasteiger charge is -2.33. The van der Waals surface area contributed by atoms with Crippen LogP contribution in [0.25, 0.3) is 88.0 Å². The van der Waals surface area contributed by atoms with Gasteiger partial charge in [0.25, 0.3) is 0 Å². The van der Waals surface area contributed by atoms with Crippen molar-refractivity contribution in [2.75, 3.05) is 0 Å². The van der Waals surface area contributed by atoms with E-state index in [1.807, 2.05) is 0 Å². The first-order valence-electron chi connectivity index (χ1n) is 20.1. The standard InChI is InChI=1S/C57H36O/c1-3-21-41(22-4-1)57(42-23-5-2-6-24-42)51-36-40(33-34-49(51)56-55(57)50-30-13-14-32-52(50)58-56)54-47-28-11-9-26-45(47)53(46-27-10-12-29-48(46)54)39-20-15-19-38(35-39)44-31-16-18-37-17-7-8-25-43(37)44/h1-36H. The van der Waals surface area contributed by atoms with Gasteiger partial charge < -0.3 is 4.42 Å². The molecule has 1 aromatic heterocycles. The van der Waals surface area contributed by atoms with Crippen molar-refractivity contribution in [2.45, 2.75) is 5.41 Å². The molecular weight excluding hydrogens is 701 g/mol. The second-order valence-electron chi connectivity index (χ2n) is 15.5. The van der Waals surface area contributed by atoms with E-state index in [1.54, 1.807) is 0 Å². The molecule has 270 valence electrons. The van der Waals surface area contributed by atoms with E-state index in [2.05, 4.69) is 218 Å². The molecule has 12 rings (SSSR count). The Kier molecular flexibility index (Phi) is 7.21. The molecule has 1 aliphatic rings. The fraction of sp³-hybridized carbons (Fsp3) is 0.0175. The lowest BCUT2D eigenvalue weighted by molar-refractivity contribution is 0.628. The normalized spacial score (nSPS) is 13.0. The van der Waals surface area contributed by atoms with Gasteiger partial charge in [0.15, 0.2) is 0 Å². The molecule has 0 spiro atoms. The van der Waals surface area contributed by atoms with E-state index in [9.17, 15) is 0 Å². The lowest BCUT2D eigenvalue weighted by atomic mass is 9.67. The molecule has 0 saturated heterocycles. The van der Waals surface area contributed by atoms with Crippen molar-refractivity contribution in [3.8, 4) is 44.7 Å². The van der Waals surface area contributed by atoms with Crippen molar-refractivity contribution >= 4 is 43.3 Å². The molecule has 58 heavy (non-hydrogen) atoms. The number of furan rings is 1. The highest BCUT2D eigenvalue weighted by atomic mass is 16.3. The van der Waals surface area contributed by atoms with E-state index in [4.69, 9.17) is 4.42 Å². The van der Waals surface area contributed by atoms with Gasteiger partial charge in [0.05, 0.1) is 5.41 Å². The summed E-state index contributed by atoms with van der Waals surface area (Å²) in [5.74, 6) is 0.951. The van der Waals surface area contributed by atoms with E-state index in [-0.39, 0.29) is 0 Å². The fourth-order valence-electron chi connectivity index (χ4n) is 10.2. The van der Waals surface area contributed by atoms with Crippen molar-refractivity contribution < 1.29 is 4.42 Å². The Morgan fingerprint density at radius 1 is 0.328 bits per heavy atom. The highest BCUT2D eigenvalue weighted by molar-refractivity contribution is 6.21. The quantitative estimate of drug-likeness (QED) is 0.160. The molecule has 1 heterocycles. The molecule has 1 heteroatoms. The molecule has 0 unspecified atom stereocenters. The van der Waals surface area contributed by atoms with Gasteiger partial charge in [0.2, 0.25) is 0 Å². The summed E-state index contributed by atoms with van der Waals surface area (Å²) >= 11 is 0. The molecule has 0 N–H and O–H groups in total. The van der Waals surface area contributed by atoms with E-state index < -0.39 is 5.41 Å². The average molecular weight is 737 g/mol. The first-order valence-corrected chi connectivity index (χ1v) is 20.1. The minimum atomic E-state index is -0.594. The van der Waals surface area contributed by atoms with Gasteiger partial charge in [-0.25, -0.2) is 0 Å². The minimum Gasteiger partial charge on any atom is -0.456 e. The van der Waals surface area contributed by atoms with Gasteiger partial charge in [-0.15, -0.1) is 0 Å². The van der Waals surface area contributed by atoms with Crippen LogP contribution in [-0.4, -0.2) is 0 Å². The SMILES string of the molecule is c1ccc(C2(c3ccccc3)c3cc(-c4c5ccccc5c(-c5cccc(-c6cccc7ccccc67)c5)c5ccccc45)ccc3-c3oc4ccccc4c32)cc1. The van der Waals surface area contributed by atoms with Crippen LogP contribution in [0.15, 0.2) is 223 Å². The zero-order valence-electron chi connectivity index (χ0n) is 31.7. The van der Waals surface area contributed by atoms with Crippen LogP contribution in [0.5, 0.6) is 0 Å². The number of rotatable bonds is 5. The van der Waals surface area contributed by atoms with Gasteiger partial charge in [-0.05, 0) is 101 Å². The third-order valence-electron chi connectivity index (χ3n) is 12.5. The first-order chi connectivity index (χ1) is 28.8. The number of para-hydroxylation sites is 1. The molecule has 0 bridgehead atoms. The molecule has 0 radical (unpaired) electrons. The Morgan fingerprint density at radius 3 is 1.48 bits per heavy atom. The Hall–Kier alpha value is -7.48. The Balaban J connectivity index is 1.14. The topological polar surface area (TPSA) is 13.1 Å². The maximum absolute atomic E-state index is 6.85. The van der Waals surface area contributed by atoms with E-state index in [1.165, 1.54) is 88.0 Å². The third kappa shape index (κ3) is 4.65. The maximum atomic E-state index is 6.85. The molecule has 0 saturated carbocycles. The van der Waals surface area contributed by atoms with Crippen molar-refractivity contribution in [1.82, 2.24) is 0 Å². The van der Waals surface area contributed by atoms with Crippen LogP contribution >= 0.6 is 0 Å². The molecule has 0 atom stereocenters. The van der Waals surface area contributed by atoms with Crippen LogP contribution in [0.4, 0.5) is 0 Å². The summed E-state index contributed by atoms with van der Waals surface area (Å²) in [7, 11) is 0. The number of fused-ring (bicyclic) bond motifs is 8. The van der Waals surface area contributed by atoms with Gasteiger partial charge in [-0.2, -0.15) is 0 Å². The summed E-state index contributed by atoms with van der Waals surface area (Å²) in [4.78, 5) is 0. The van der Waals surface area contributed by atoms with Gasteiger partial charge in [0.1, 0.15) is 11.3 Å². The van der Waals surface area contributed by atoms with Crippen molar-refractivity contribution in [3.63, 3.8) is 0 Å². The minimum absolute atomic E-state index is 0.594. The third-order valence-corrected chi connectivity index (χ3v) is 12.5. The predicted molar refractivity (Wildman–Crippen MR) is 242 cm³/mol. The van der Waals surface area contributed by atoms with Gasteiger partial charge in [-0.1, -0.05) is 200 Å². The zero-order valence-corrected chi connectivity index (χ0v) is 31.7. The molecule has 10 aromatic carbocycles. The molecular formula is C57H36O. The van der Waals surface area contributed by atoms with Crippen LogP contribution in [-0.2, 0) is 5.41 Å². The van der Waals surface area contributed by atoms with E-state index in [0.29, 0.717) is 0 Å². The van der Waals surface area contributed by atoms with Crippen molar-refractivity contribution in [1.29, 1.82) is 0 Å². The summed E-state index contributed by atoms with van der Waals surface area (Å²) in [6.45, 7) is 0. The Morgan fingerprint density at radius 2 is 0.828 bits per heavy atom. The largest absolute Gasteiger partial charge is 0.456 e. The monoisotopic (exact) mass is 736 g/mol. The van der Waals surface area contributed by atoms with Crippen LogP contribution in [0, 0.1) is 0 Å². The second kappa shape index (κ2) is 12.8. The summed E-state index contributed by atoms with van der Waals surface area (Å²) in [6, 6.07) is 80.0. The summed E-state index contributed by atoms with van der Waals surface area (Å²) in [5.41, 5.74) is 13.7. The second-order valence-corrected chi connectivity index (χ2v) is 15.5. The summed E-state index contributed by atoms with van der Waals surface area (Å²) in [6.07, 6.45) is 0. The molecule has 0 amide bonds. The summed E-state index contributed by atoms with van der Waals surface area (Å²) < 4.78 is 6.85. The Labute approximate surface area is 337 Å². The number of benzene rings is 10. The highest BCUT2D eigenvalue weighted by Gasteiger charge is 2.49. The predicted octanol–water partition coefficient (Wildman–Crippen LogP) is 15.3. The number of hydrogen-bond acceptors (Lipinski definition) is 1. The maximum Gasteiger partial charge on any atom is 0.140 e. The molecule has 0 fully saturated rings.